The van der Waals surface area contributed by atoms with Gasteiger partial charge in [0.25, 0.3) is 0 Å². The molecule has 3 heteroatoms. The normalized spacial score (nSPS) is 13.1. The molecular formula is C12H17ClIN. The van der Waals surface area contributed by atoms with Gasteiger partial charge in [0.2, 0.25) is 0 Å². The van der Waals surface area contributed by atoms with Crippen LogP contribution in [0.25, 0.3) is 0 Å². The maximum absolute atomic E-state index is 5.89. The van der Waals surface area contributed by atoms with Gasteiger partial charge in [0, 0.05) is 22.0 Å². The summed E-state index contributed by atoms with van der Waals surface area (Å²) in [5.41, 5.74) is 1.31. The molecule has 0 spiro atoms. The Labute approximate surface area is 111 Å². The molecule has 84 valence electrons. The fourth-order valence-electron chi connectivity index (χ4n) is 1.32. The number of nitrogens with one attached hydrogen (secondary N) is 1. The Balaban J connectivity index is 2.45. The SMILES string of the molecule is CC(C)C(CCl)NCc1ccc(I)cc1. The second-order valence-electron chi connectivity index (χ2n) is 4.01. The maximum Gasteiger partial charge on any atom is 0.0380 e. The summed E-state index contributed by atoms with van der Waals surface area (Å²) in [7, 11) is 0. The summed E-state index contributed by atoms with van der Waals surface area (Å²) in [6.07, 6.45) is 0. The van der Waals surface area contributed by atoms with Crippen LogP contribution in [0, 0.1) is 9.49 Å². The Morgan fingerprint density at radius 2 is 1.87 bits per heavy atom. The average Bonchev–Trinajstić information content (AvgIpc) is 2.21. The zero-order valence-electron chi connectivity index (χ0n) is 9.13. The van der Waals surface area contributed by atoms with Crippen molar-refractivity contribution < 1.29 is 0 Å². The molecule has 0 aliphatic rings. The zero-order chi connectivity index (χ0) is 11.3. The van der Waals surface area contributed by atoms with E-state index in [1.165, 1.54) is 9.13 Å². The highest BCUT2D eigenvalue weighted by molar-refractivity contribution is 14.1. The van der Waals surface area contributed by atoms with Crippen molar-refractivity contribution in [3.63, 3.8) is 0 Å². The van der Waals surface area contributed by atoms with Crippen LogP contribution >= 0.6 is 34.2 Å². The minimum Gasteiger partial charge on any atom is -0.308 e. The van der Waals surface area contributed by atoms with Crippen LogP contribution in [-0.2, 0) is 6.54 Å². The van der Waals surface area contributed by atoms with E-state index in [1.54, 1.807) is 0 Å². The highest BCUT2D eigenvalue weighted by atomic mass is 127. The van der Waals surface area contributed by atoms with Crippen molar-refractivity contribution in [2.45, 2.75) is 26.4 Å². The molecule has 0 saturated carbocycles. The smallest absolute Gasteiger partial charge is 0.0380 e. The van der Waals surface area contributed by atoms with Crippen molar-refractivity contribution in [3.05, 3.63) is 33.4 Å². The fourth-order valence-corrected chi connectivity index (χ4v) is 2.14. The van der Waals surface area contributed by atoms with E-state index in [2.05, 4.69) is 66.0 Å². The molecule has 1 aromatic carbocycles. The molecule has 1 unspecified atom stereocenters. The van der Waals surface area contributed by atoms with Gasteiger partial charge >= 0.3 is 0 Å². The topological polar surface area (TPSA) is 12.0 Å². The molecule has 0 saturated heterocycles. The molecule has 0 aromatic heterocycles. The first kappa shape index (κ1) is 13.3. The summed E-state index contributed by atoms with van der Waals surface area (Å²) in [5.74, 6) is 1.24. The summed E-state index contributed by atoms with van der Waals surface area (Å²) in [6, 6.07) is 8.96. The molecule has 0 bridgehead atoms. The van der Waals surface area contributed by atoms with Crippen LogP contribution in [0.15, 0.2) is 24.3 Å². The van der Waals surface area contributed by atoms with Crippen molar-refractivity contribution in [2.24, 2.45) is 5.92 Å². The van der Waals surface area contributed by atoms with Gasteiger partial charge < -0.3 is 5.32 Å². The molecule has 1 atom stereocenters. The van der Waals surface area contributed by atoms with E-state index >= 15 is 0 Å². The van der Waals surface area contributed by atoms with Gasteiger partial charge in [-0.3, -0.25) is 0 Å². The molecule has 1 nitrogen and oxygen atoms in total. The Morgan fingerprint density at radius 3 is 2.33 bits per heavy atom. The molecule has 0 amide bonds. The largest absolute Gasteiger partial charge is 0.308 e. The lowest BCUT2D eigenvalue weighted by molar-refractivity contribution is 0.430. The van der Waals surface area contributed by atoms with E-state index < -0.39 is 0 Å². The molecule has 0 heterocycles. The van der Waals surface area contributed by atoms with E-state index in [4.69, 9.17) is 11.6 Å². The third-order valence-electron chi connectivity index (χ3n) is 2.45. The molecule has 1 rings (SSSR count). The first-order chi connectivity index (χ1) is 7.13. The molecule has 1 aromatic rings. The van der Waals surface area contributed by atoms with Crippen molar-refractivity contribution in [3.8, 4) is 0 Å². The van der Waals surface area contributed by atoms with Crippen molar-refractivity contribution in [1.82, 2.24) is 5.32 Å². The Bertz CT molecular complexity index is 284. The third-order valence-corrected chi connectivity index (χ3v) is 3.50. The predicted octanol–water partition coefficient (Wildman–Crippen LogP) is 3.64. The monoisotopic (exact) mass is 337 g/mol. The molecule has 0 fully saturated rings. The fraction of sp³-hybridized carbons (Fsp3) is 0.500. The second kappa shape index (κ2) is 6.71. The average molecular weight is 338 g/mol. The van der Waals surface area contributed by atoms with Gasteiger partial charge in [-0.25, -0.2) is 0 Å². The van der Waals surface area contributed by atoms with Crippen molar-refractivity contribution >= 4 is 34.2 Å². The zero-order valence-corrected chi connectivity index (χ0v) is 12.0. The predicted molar refractivity (Wildman–Crippen MR) is 75.3 cm³/mol. The quantitative estimate of drug-likeness (QED) is 0.639. The van der Waals surface area contributed by atoms with E-state index in [9.17, 15) is 0 Å². The second-order valence-corrected chi connectivity index (χ2v) is 5.57. The summed E-state index contributed by atoms with van der Waals surface area (Å²) in [6.45, 7) is 5.27. The van der Waals surface area contributed by atoms with Gasteiger partial charge in [-0.2, -0.15) is 0 Å². The summed E-state index contributed by atoms with van der Waals surface area (Å²) < 4.78 is 1.27. The van der Waals surface area contributed by atoms with Crippen LogP contribution in [0.2, 0.25) is 0 Å². The van der Waals surface area contributed by atoms with Crippen molar-refractivity contribution in [2.75, 3.05) is 5.88 Å². The minimum absolute atomic E-state index is 0.394. The standard InChI is InChI=1S/C12H17ClIN/c1-9(2)12(7-13)15-8-10-3-5-11(14)6-4-10/h3-6,9,12,15H,7-8H2,1-2H3. The van der Waals surface area contributed by atoms with Crippen LogP contribution in [0.5, 0.6) is 0 Å². The van der Waals surface area contributed by atoms with Crippen LogP contribution in [-0.4, -0.2) is 11.9 Å². The van der Waals surface area contributed by atoms with Crippen LogP contribution in [0.4, 0.5) is 0 Å². The van der Waals surface area contributed by atoms with Crippen LogP contribution in [0.3, 0.4) is 0 Å². The lowest BCUT2D eigenvalue weighted by Crippen LogP contribution is -2.34. The maximum atomic E-state index is 5.89. The van der Waals surface area contributed by atoms with E-state index in [-0.39, 0.29) is 0 Å². The summed E-state index contributed by atoms with van der Waals surface area (Å²) in [4.78, 5) is 0. The first-order valence-corrected chi connectivity index (χ1v) is 6.78. The lowest BCUT2D eigenvalue weighted by Gasteiger charge is -2.19. The van der Waals surface area contributed by atoms with E-state index in [0.717, 1.165) is 6.54 Å². The molecule has 1 N–H and O–H groups in total. The van der Waals surface area contributed by atoms with Crippen LogP contribution in [0.1, 0.15) is 19.4 Å². The highest BCUT2D eigenvalue weighted by Gasteiger charge is 2.10. The number of halogens is 2. The summed E-state index contributed by atoms with van der Waals surface area (Å²) in [5, 5.41) is 3.47. The number of benzene rings is 1. The van der Waals surface area contributed by atoms with Gasteiger partial charge in [0.15, 0.2) is 0 Å². The van der Waals surface area contributed by atoms with Crippen molar-refractivity contribution in [1.29, 1.82) is 0 Å². The molecule has 0 radical (unpaired) electrons. The van der Waals surface area contributed by atoms with E-state index in [0.29, 0.717) is 17.8 Å². The molecule has 0 aliphatic heterocycles. The number of rotatable bonds is 5. The van der Waals surface area contributed by atoms with Gasteiger partial charge in [-0.15, -0.1) is 11.6 Å². The number of hydrogen-bond donors (Lipinski definition) is 1. The molecule has 15 heavy (non-hydrogen) atoms. The van der Waals surface area contributed by atoms with Crippen LogP contribution < -0.4 is 5.32 Å². The summed E-state index contributed by atoms with van der Waals surface area (Å²) >= 11 is 8.21. The van der Waals surface area contributed by atoms with Gasteiger partial charge in [0.05, 0.1) is 0 Å². The first-order valence-electron chi connectivity index (χ1n) is 5.17. The Hall–Kier alpha value is 0.200. The molecule has 0 aliphatic carbocycles. The third kappa shape index (κ3) is 4.70. The number of alkyl halides is 1. The molecular weight excluding hydrogens is 320 g/mol. The van der Waals surface area contributed by atoms with Gasteiger partial charge in [-0.05, 0) is 46.2 Å². The highest BCUT2D eigenvalue weighted by Crippen LogP contribution is 2.08. The Kier molecular flexibility index (Phi) is 5.94. The van der Waals surface area contributed by atoms with E-state index in [1.807, 2.05) is 0 Å². The Morgan fingerprint density at radius 1 is 1.27 bits per heavy atom. The lowest BCUT2D eigenvalue weighted by atomic mass is 10.1. The van der Waals surface area contributed by atoms with Gasteiger partial charge in [0.1, 0.15) is 0 Å². The number of hydrogen-bond acceptors (Lipinski definition) is 1. The van der Waals surface area contributed by atoms with Gasteiger partial charge in [-0.1, -0.05) is 26.0 Å². The minimum atomic E-state index is 0.394.